The maximum absolute atomic E-state index is 5.85. The van der Waals surface area contributed by atoms with E-state index in [-0.39, 0.29) is 0 Å². The number of nitrogens with two attached hydrogens (primary N) is 1. The second-order valence-electron chi connectivity index (χ2n) is 6.16. The van der Waals surface area contributed by atoms with E-state index in [1.165, 1.54) is 11.1 Å². The van der Waals surface area contributed by atoms with Gasteiger partial charge in [0.15, 0.2) is 0 Å². The number of rotatable bonds is 7. The SMILES string of the molecule is Cc1ccccc1CSCCNc1cc(C2CC(N)C2)ncn1. The van der Waals surface area contributed by atoms with E-state index in [9.17, 15) is 0 Å². The van der Waals surface area contributed by atoms with E-state index in [2.05, 4.69) is 52.5 Å². The molecule has 3 rings (SSSR count). The van der Waals surface area contributed by atoms with Crippen molar-refractivity contribution < 1.29 is 0 Å². The molecule has 0 atom stereocenters. The van der Waals surface area contributed by atoms with Gasteiger partial charge < -0.3 is 11.1 Å². The summed E-state index contributed by atoms with van der Waals surface area (Å²) in [6.07, 6.45) is 3.74. The normalized spacial score (nSPS) is 20.1. The van der Waals surface area contributed by atoms with Crippen LogP contribution in [0.1, 0.15) is 35.6 Å². The Balaban J connectivity index is 1.41. The number of thioether (sulfide) groups is 1. The Hall–Kier alpha value is -1.59. The zero-order valence-corrected chi connectivity index (χ0v) is 14.4. The molecule has 122 valence electrons. The predicted octanol–water partition coefficient (Wildman–Crippen LogP) is 3.34. The molecule has 1 fully saturated rings. The second-order valence-corrected chi connectivity index (χ2v) is 7.27. The Morgan fingerprint density at radius 3 is 2.87 bits per heavy atom. The number of aryl methyl sites for hydroxylation is 1. The van der Waals surface area contributed by atoms with Crippen LogP contribution < -0.4 is 11.1 Å². The van der Waals surface area contributed by atoms with Gasteiger partial charge in [0, 0.05) is 41.8 Å². The lowest BCUT2D eigenvalue weighted by Crippen LogP contribution is -2.35. The molecule has 3 N–H and O–H groups in total. The van der Waals surface area contributed by atoms with Crippen LogP contribution in [0.4, 0.5) is 5.82 Å². The molecule has 0 radical (unpaired) electrons. The standard InChI is InChI=1S/C18H24N4S/c1-13-4-2-3-5-14(13)11-23-7-6-20-18-10-17(21-12-22-18)15-8-16(19)9-15/h2-5,10,12,15-16H,6-9,11,19H2,1H3,(H,20,21,22). The fourth-order valence-corrected chi connectivity index (χ4v) is 3.74. The van der Waals surface area contributed by atoms with Crippen molar-refractivity contribution in [1.82, 2.24) is 9.97 Å². The van der Waals surface area contributed by atoms with Crippen molar-refractivity contribution in [3.8, 4) is 0 Å². The van der Waals surface area contributed by atoms with Crippen LogP contribution in [0.2, 0.25) is 0 Å². The van der Waals surface area contributed by atoms with E-state index in [4.69, 9.17) is 5.73 Å². The van der Waals surface area contributed by atoms with Gasteiger partial charge in [0.25, 0.3) is 0 Å². The zero-order valence-electron chi connectivity index (χ0n) is 13.5. The number of hydrogen-bond acceptors (Lipinski definition) is 5. The summed E-state index contributed by atoms with van der Waals surface area (Å²) >= 11 is 1.94. The molecule has 0 saturated heterocycles. The van der Waals surface area contributed by atoms with Crippen molar-refractivity contribution >= 4 is 17.6 Å². The molecule has 1 aliphatic carbocycles. The van der Waals surface area contributed by atoms with Crippen LogP contribution in [0.25, 0.3) is 0 Å². The van der Waals surface area contributed by atoms with Crippen molar-refractivity contribution in [3.63, 3.8) is 0 Å². The van der Waals surface area contributed by atoms with E-state index < -0.39 is 0 Å². The Morgan fingerprint density at radius 1 is 1.26 bits per heavy atom. The van der Waals surface area contributed by atoms with Gasteiger partial charge in [-0.05, 0) is 30.9 Å². The Bertz CT molecular complexity index is 640. The number of nitrogens with one attached hydrogen (secondary N) is 1. The molecule has 1 aliphatic rings. The van der Waals surface area contributed by atoms with E-state index in [0.717, 1.165) is 42.4 Å². The number of anilines is 1. The van der Waals surface area contributed by atoms with E-state index in [0.29, 0.717) is 12.0 Å². The molecule has 0 unspecified atom stereocenters. The van der Waals surface area contributed by atoms with Gasteiger partial charge in [-0.25, -0.2) is 9.97 Å². The summed E-state index contributed by atoms with van der Waals surface area (Å²) in [7, 11) is 0. The average molecular weight is 328 g/mol. The lowest BCUT2D eigenvalue weighted by atomic mass is 9.79. The summed E-state index contributed by atoms with van der Waals surface area (Å²) in [6, 6.07) is 11.0. The van der Waals surface area contributed by atoms with Gasteiger partial charge in [0.2, 0.25) is 0 Å². The van der Waals surface area contributed by atoms with E-state index in [1.807, 2.05) is 11.8 Å². The highest BCUT2D eigenvalue weighted by Gasteiger charge is 2.28. The van der Waals surface area contributed by atoms with Gasteiger partial charge >= 0.3 is 0 Å². The largest absolute Gasteiger partial charge is 0.369 e. The van der Waals surface area contributed by atoms with Gasteiger partial charge in [0.1, 0.15) is 12.1 Å². The summed E-state index contributed by atoms with van der Waals surface area (Å²) in [5, 5.41) is 3.40. The summed E-state index contributed by atoms with van der Waals surface area (Å²) in [5.41, 5.74) is 9.76. The monoisotopic (exact) mass is 328 g/mol. The van der Waals surface area contributed by atoms with Crippen molar-refractivity contribution in [1.29, 1.82) is 0 Å². The van der Waals surface area contributed by atoms with Crippen LogP contribution in [0, 0.1) is 6.92 Å². The maximum atomic E-state index is 5.85. The van der Waals surface area contributed by atoms with Crippen molar-refractivity contribution in [3.05, 3.63) is 53.5 Å². The highest BCUT2D eigenvalue weighted by Crippen LogP contribution is 2.34. The molecule has 1 aromatic heterocycles. The molecule has 0 bridgehead atoms. The van der Waals surface area contributed by atoms with Crippen molar-refractivity contribution in [2.75, 3.05) is 17.6 Å². The first-order chi connectivity index (χ1) is 11.2. The zero-order chi connectivity index (χ0) is 16.1. The summed E-state index contributed by atoms with van der Waals surface area (Å²) in [4.78, 5) is 8.68. The Labute approximate surface area is 142 Å². The molecule has 0 amide bonds. The summed E-state index contributed by atoms with van der Waals surface area (Å²) in [5.74, 6) is 3.56. The van der Waals surface area contributed by atoms with Gasteiger partial charge in [-0.2, -0.15) is 11.8 Å². The average Bonchev–Trinajstić information content (AvgIpc) is 2.53. The Kier molecular flexibility index (Phi) is 5.51. The van der Waals surface area contributed by atoms with Gasteiger partial charge in [0.05, 0.1) is 0 Å². The van der Waals surface area contributed by atoms with E-state index in [1.54, 1.807) is 6.33 Å². The quantitative estimate of drug-likeness (QED) is 0.763. The number of benzene rings is 1. The minimum absolute atomic E-state index is 0.351. The highest BCUT2D eigenvalue weighted by atomic mass is 32.2. The minimum atomic E-state index is 0.351. The molecule has 2 aromatic rings. The third kappa shape index (κ3) is 4.45. The van der Waals surface area contributed by atoms with E-state index >= 15 is 0 Å². The van der Waals surface area contributed by atoms with Crippen molar-refractivity contribution in [2.24, 2.45) is 5.73 Å². The molecule has 1 aromatic carbocycles. The summed E-state index contributed by atoms with van der Waals surface area (Å²) < 4.78 is 0. The summed E-state index contributed by atoms with van der Waals surface area (Å²) in [6.45, 7) is 3.08. The van der Waals surface area contributed by atoms with Gasteiger partial charge in [-0.1, -0.05) is 24.3 Å². The second kappa shape index (κ2) is 7.79. The highest BCUT2D eigenvalue weighted by molar-refractivity contribution is 7.98. The molecule has 5 heteroatoms. The lowest BCUT2D eigenvalue weighted by Gasteiger charge is -2.31. The first kappa shape index (κ1) is 16.3. The minimum Gasteiger partial charge on any atom is -0.369 e. The van der Waals surface area contributed by atoms with Gasteiger partial charge in [-0.3, -0.25) is 0 Å². The fraction of sp³-hybridized carbons (Fsp3) is 0.444. The molecule has 4 nitrogen and oxygen atoms in total. The van der Waals surface area contributed by atoms with Gasteiger partial charge in [-0.15, -0.1) is 0 Å². The molecule has 0 spiro atoms. The van der Waals surface area contributed by atoms with Crippen LogP contribution in [-0.4, -0.2) is 28.3 Å². The first-order valence-electron chi connectivity index (χ1n) is 8.16. The molecular weight excluding hydrogens is 304 g/mol. The fourth-order valence-electron chi connectivity index (χ4n) is 2.80. The molecular formula is C18H24N4S. The number of aromatic nitrogens is 2. The third-order valence-corrected chi connectivity index (χ3v) is 5.36. The maximum Gasteiger partial charge on any atom is 0.129 e. The predicted molar refractivity (Wildman–Crippen MR) is 97.8 cm³/mol. The van der Waals surface area contributed by atoms with Crippen molar-refractivity contribution in [2.45, 2.75) is 37.5 Å². The third-order valence-electron chi connectivity index (χ3n) is 4.35. The smallest absolute Gasteiger partial charge is 0.129 e. The first-order valence-corrected chi connectivity index (χ1v) is 9.31. The number of nitrogens with zero attached hydrogens (tertiary/aromatic N) is 2. The van der Waals surface area contributed by atoms with Crippen LogP contribution in [0.3, 0.4) is 0 Å². The van der Waals surface area contributed by atoms with Crippen LogP contribution >= 0.6 is 11.8 Å². The molecule has 23 heavy (non-hydrogen) atoms. The topological polar surface area (TPSA) is 63.8 Å². The Morgan fingerprint density at radius 2 is 2.09 bits per heavy atom. The molecule has 1 saturated carbocycles. The van der Waals surface area contributed by atoms with Crippen LogP contribution in [-0.2, 0) is 5.75 Å². The lowest BCUT2D eigenvalue weighted by molar-refractivity contribution is 0.345. The number of hydrogen-bond donors (Lipinski definition) is 2. The molecule has 1 heterocycles. The van der Waals surface area contributed by atoms with Crippen LogP contribution in [0.5, 0.6) is 0 Å². The van der Waals surface area contributed by atoms with Crippen LogP contribution in [0.15, 0.2) is 36.7 Å². The molecule has 0 aliphatic heterocycles.